The molecule has 1 fully saturated rings. The van der Waals surface area contributed by atoms with E-state index in [1.807, 2.05) is 24.3 Å². The minimum Gasteiger partial charge on any atom is -0.310 e. The number of nitriles is 1. The molecule has 0 radical (unpaired) electrons. The Balaban J connectivity index is 1.80. The predicted molar refractivity (Wildman–Crippen MR) is 82.4 cm³/mol. The molecule has 0 amide bonds. The average Bonchev–Trinajstić information content (AvgIpc) is 2.94. The molecule has 1 N–H and O–H groups in total. The molecular formula is C17H25N3. The molecule has 0 aliphatic carbocycles. The third kappa shape index (κ3) is 3.82. The van der Waals surface area contributed by atoms with Crippen molar-refractivity contribution in [2.75, 3.05) is 19.6 Å². The molecule has 2 rings (SSSR count). The highest BCUT2D eigenvalue weighted by molar-refractivity contribution is 5.32. The van der Waals surface area contributed by atoms with Gasteiger partial charge >= 0.3 is 0 Å². The fourth-order valence-corrected chi connectivity index (χ4v) is 2.81. The maximum atomic E-state index is 8.81. The summed E-state index contributed by atoms with van der Waals surface area (Å²) in [6.07, 6.45) is 1.30. The van der Waals surface area contributed by atoms with Crippen molar-refractivity contribution >= 4 is 0 Å². The summed E-state index contributed by atoms with van der Waals surface area (Å²) in [6.45, 7) is 10.3. The quantitative estimate of drug-likeness (QED) is 0.895. The lowest BCUT2D eigenvalue weighted by atomic mass is 10.0. The monoisotopic (exact) mass is 271 g/mol. The Morgan fingerprint density at radius 3 is 2.55 bits per heavy atom. The van der Waals surface area contributed by atoms with Crippen molar-refractivity contribution < 1.29 is 0 Å². The van der Waals surface area contributed by atoms with Gasteiger partial charge in [-0.15, -0.1) is 0 Å². The average molecular weight is 271 g/mol. The summed E-state index contributed by atoms with van der Waals surface area (Å²) in [5.41, 5.74) is 1.98. The third-order valence-electron chi connectivity index (χ3n) is 4.30. The van der Waals surface area contributed by atoms with Crippen LogP contribution in [0.3, 0.4) is 0 Å². The van der Waals surface area contributed by atoms with E-state index in [0.717, 1.165) is 18.0 Å². The Labute approximate surface area is 122 Å². The highest BCUT2D eigenvalue weighted by atomic mass is 15.2. The molecule has 2 atom stereocenters. The number of hydrogen-bond donors (Lipinski definition) is 1. The standard InChI is InChI=1S/C17H25N3/c1-13(2)20-9-8-16(12-20)11-19-14(3)17-6-4-15(10-18)5-7-17/h4-7,13-14,16,19H,8-9,11-12H2,1-3H3. The van der Waals surface area contributed by atoms with Crippen molar-refractivity contribution in [1.29, 1.82) is 5.26 Å². The summed E-state index contributed by atoms with van der Waals surface area (Å²) in [6, 6.07) is 11.0. The SMILES string of the molecule is CC(NCC1CCN(C(C)C)C1)c1ccc(C#N)cc1. The number of nitrogens with zero attached hydrogens (tertiary/aromatic N) is 2. The van der Waals surface area contributed by atoms with Crippen molar-refractivity contribution in [3.8, 4) is 6.07 Å². The van der Waals surface area contributed by atoms with Gasteiger partial charge in [-0.3, -0.25) is 0 Å². The number of rotatable bonds is 5. The highest BCUT2D eigenvalue weighted by Crippen LogP contribution is 2.19. The highest BCUT2D eigenvalue weighted by Gasteiger charge is 2.24. The van der Waals surface area contributed by atoms with Crippen LogP contribution in [0, 0.1) is 17.2 Å². The van der Waals surface area contributed by atoms with Gasteiger partial charge < -0.3 is 10.2 Å². The Bertz CT molecular complexity index is 458. The second-order valence-electron chi connectivity index (χ2n) is 6.11. The molecule has 1 heterocycles. The van der Waals surface area contributed by atoms with Crippen LogP contribution in [0.5, 0.6) is 0 Å². The first kappa shape index (κ1) is 15.0. The lowest BCUT2D eigenvalue weighted by molar-refractivity contribution is 0.263. The van der Waals surface area contributed by atoms with Gasteiger partial charge in [0, 0.05) is 18.6 Å². The Kier molecular flexibility index (Phi) is 5.17. The van der Waals surface area contributed by atoms with Crippen LogP contribution in [0.2, 0.25) is 0 Å². The molecule has 0 bridgehead atoms. The van der Waals surface area contributed by atoms with Crippen LogP contribution < -0.4 is 5.32 Å². The fourth-order valence-electron chi connectivity index (χ4n) is 2.81. The first-order valence-corrected chi connectivity index (χ1v) is 7.57. The van der Waals surface area contributed by atoms with Gasteiger partial charge in [0.1, 0.15) is 0 Å². The number of likely N-dealkylation sites (tertiary alicyclic amines) is 1. The van der Waals surface area contributed by atoms with Gasteiger partial charge in [-0.2, -0.15) is 5.26 Å². The molecule has 3 nitrogen and oxygen atoms in total. The van der Waals surface area contributed by atoms with Gasteiger partial charge in [-0.05, 0) is 63.9 Å². The first-order chi connectivity index (χ1) is 9.60. The van der Waals surface area contributed by atoms with E-state index in [0.29, 0.717) is 12.1 Å². The van der Waals surface area contributed by atoms with E-state index in [-0.39, 0.29) is 0 Å². The zero-order valence-electron chi connectivity index (χ0n) is 12.8. The lowest BCUT2D eigenvalue weighted by Gasteiger charge is -2.21. The zero-order chi connectivity index (χ0) is 14.5. The second-order valence-corrected chi connectivity index (χ2v) is 6.11. The summed E-state index contributed by atoms with van der Waals surface area (Å²) in [7, 11) is 0. The van der Waals surface area contributed by atoms with Crippen LogP contribution in [0.4, 0.5) is 0 Å². The molecule has 0 aromatic heterocycles. The minimum atomic E-state index is 0.343. The van der Waals surface area contributed by atoms with Crippen molar-refractivity contribution in [2.45, 2.75) is 39.3 Å². The molecule has 0 saturated carbocycles. The molecule has 1 saturated heterocycles. The Hall–Kier alpha value is -1.37. The smallest absolute Gasteiger partial charge is 0.0991 e. The van der Waals surface area contributed by atoms with E-state index in [4.69, 9.17) is 5.26 Å². The van der Waals surface area contributed by atoms with E-state index in [2.05, 4.69) is 37.1 Å². The van der Waals surface area contributed by atoms with Gasteiger partial charge in [0.2, 0.25) is 0 Å². The van der Waals surface area contributed by atoms with Gasteiger partial charge in [-0.25, -0.2) is 0 Å². The van der Waals surface area contributed by atoms with Crippen molar-refractivity contribution in [2.24, 2.45) is 5.92 Å². The van der Waals surface area contributed by atoms with E-state index in [9.17, 15) is 0 Å². The minimum absolute atomic E-state index is 0.343. The Morgan fingerprint density at radius 1 is 1.30 bits per heavy atom. The third-order valence-corrected chi connectivity index (χ3v) is 4.30. The van der Waals surface area contributed by atoms with E-state index < -0.39 is 0 Å². The van der Waals surface area contributed by atoms with Crippen LogP contribution in [0.15, 0.2) is 24.3 Å². The Morgan fingerprint density at radius 2 is 2.00 bits per heavy atom. The summed E-state index contributed by atoms with van der Waals surface area (Å²) in [5.74, 6) is 0.762. The van der Waals surface area contributed by atoms with E-state index >= 15 is 0 Å². The molecule has 108 valence electrons. The maximum Gasteiger partial charge on any atom is 0.0991 e. The van der Waals surface area contributed by atoms with Crippen LogP contribution in [-0.4, -0.2) is 30.6 Å². The van der Waals surface area contributed by atoms with Crippen molar-refractivity contribution in [3.05, 3.63) is 35.4 Å². The van der Waals surface area contributed by atoms with Crippen LogP contribution >= 0.6 is 0 Å². The molecule has 1 aliphatic rings. The lowest BCUT2D eigenvalue weighted by Crippen LogP contribution is -2.31. The summed E-state index contributed by atoms with van der Waals surface area (Å²) >= 11 is 0. The van der Waals surface area contributed by atoms with Crippen LogP contribution in [0.1, 0.15) is 44.4 Å². The largest absolute Gasteiger partial charge is 0.310 e. The molecule has 2 unspecified atom stereocenters. The van der Waals surface area contributed by atoms with E-state index in [1.54, 1.807) is 0 Å². The maximum absolute atomic E-state index is 8.81. The first-order valence-electron chi connectivity index (χ1n) is 7.57. The second kappa shape index (κ2) is 6.88. The molecule has 20 heavy (non-hydrogen) atoms. The predicted octanol–water partition coefficient (Wildman–Crippen LogP) is 2.94. The zero-order valence-corrected chi connectivity index (χ0v) is 12.8. The topological polar surface area (TPSA) is 39.1 Å². The van der Waals surface area contributed by atoms with Crippen molar-refractivity contribution in [3.63, 3.8) is 0 Å². The van der Waals surface area contributed by atoms with Gasteiger partial charge in [-0.1, -0.05) is 12.1 Å². The molecule has 0 spiro atoms. The normalized spacial score (nSPS) is 21.1. The summed E-state index contributed by atoms with van der Waals surface area (Å²) < 4.78 is 0. The number of nitrogens with one attached hydrogen (secondary N) is 1. The van der Waals surface area contributed by atoms with Crippen molar-refractivity contribution in [1.82, 2.24) is 10.2 Å². The van der Waals surface area contributed by atoms with E-state index in [1.165, 1.54) is 25.1 Å². The fraction of sp³-hybridized carbons (Fsp3) is 0.588. The van der Waals surface area contributed by atoms with Gasteiger partial charge in [0.25, 0.3) is 0 Å². The van der Waals surface area contributed by atoms with Crippen LogP contribution in [-0.2, 0) is 0 Å². The molecule has 1 aromatic rings. The van der Waals surface area contributed by atoms with Gasteiger partial charge in [0.05, 0.1) is 11.6 Å². The van der Waals surface area contributed by atoms with Crippen LogP contribution in [0.25, 0.3) is 0 Å². The summed E-state index contributed by atoms with van der Waals surface area (Å²) in [4.78, 5) is 2.55. The number of benzene rings is 1. The summed E-state index contributed by atoms with van der Waals surface area (Å²) in [5, 5.41) is 12.4. The molecule has 1 aliphatic heterocycles. The molecule has 1 aromatic carbocycles. The van der Waals surface area contributed by atoms with Gasteiger partial charge in [0.15, 0.2) is 0 Å². The number of hydrogen-bond acceptors (Lipinski definition) is 3. The molecule has 3 heteroatoms. The molecular weight excluding hydrogens is 246 g/mol.